The largest absolute Gasteiger partial charge is 0.494 e. The summed E-state index contributed by atoms with van der Waals surface area (Å²) < 4.78 is 5.39. The molecule has 0 radical (unpaired) electrons. The van der Waals surface area contributed by atoms with Crippen LogP contribution in [0, 0.1) is 20.8 Å². The van der Waals surface area contributed by atoms with Crippen LogP contribution in [0.3, 0.4) is 0 Å². The molecule has 0 bridgehead atoms. The van der Waals surface area contributed by atoms with E-state index in [1.807, 2.05) is 20.8 Å². The number of ether oxygens (including phenoxy) is 1. The molecule has 2 rings (SSSR count). The zero-order valence-electron chi connectivity index (χ0n) is 13.9. The second kappa shape index (κ2) is 6.65. The topological polar surface area (TPSA) is 69.4 Å². The summed E-state index contributed by atoms with van der Waals surface area (Å²) in [6.07, 6.45) is 0.714. The van der Waals surface area contributed by atoms with Crippen molar-refractivity contribution in [2.24, 2.45) is 0 Å². The number of carbonyl (C=O) groups excluding carboxylic acids is 2. The maximum Gasteiger partial charge on any atom is 0.193 e. The van der Waals surface area contributed by atoms with Crippen molar-refractivity contribution in [3.8, 4) is 5.75 Å². The molecular weight excluding hydrogens is 290 g/mol. The number of benzene rings is 2. The quantitative estimate of drug-likeness (QED) is 0.520. The van der Waals surface area contributed by atoms with Crippen LogP contribution in [-0.4, -0.2) is 18.7 Å². The van der Waals surface area contributed by atoms with Crippen molar-refractivity contribution in [1.29, 1.82) is 0 Å². The van der Waals surface area contributed by atoms with Gasteiger partial charge < -0.3 is 10.5 Å². The molecule has 0 aliphatic rings. The normalized spacial score (nSPS) is 10.4. The Morgan fingerprint density at radius 3 is 2.22 bits per heavy atom. The van der Waals surface area contributed by atoms with Crippen LogP contribution in [0.2, 0.25) is 0 Å². The Morgan fingerprint density at radius 2 is 1.70 bits per heavy atom. The van der Waals surface area contributed by atoms with Gasteiger partial charge in [-0.1, -0.05) is 0 Å². The third-order valence-corrected chi connectivity index (χ3v) is 4.18. The molecule has 0 aliphatic heterocycles. The maximum atomic E-state index is 12.9. The summed E-state index contributed by atoms with van der Waals surface area (Å²) in [4.78, 5) is 24.2. The molecule has 4 heteroatoms. The highest BCUT2D eigenvalue weighted by molar-refractivity contribution is 6.12. The molecule has 4 nitrogen and oxygen atoms in total. The molecule has 2 aromatic rings. The number of nitrogens with two attached hydrogens (primary N) is 1. The average molecular weight is 311 g/mol. The summed E-state index contributed by atoms with van der Waals surface area (Å²) >= 11 is 0. The number of ketones is 1. The van der Waals surface area contributed by atoms with E-state index in [2.05, 4.69) is 0 Å². The summed E-state index contributed by atoms with van der Waals surface area (Å²) in [7, 11) is 0. The van der Waals surface area contributed by atoms with Crippen LogP contribution in [-0.2, 0) is 0 Å². The number of nitrogen functional groups attached to an aromatic ring is 1. The molecule has 0 fully saturated rings. The number of aldehydes is 1. The van der Waals surface area contributed by atoms with Gasteiger partial charge in [0.05, 0.1) is 6.61 Å². The number of carbonyl (C=O) groups is 2. The number of rotatable bonds is 5. The van der Waals surface area contributed by atoms with Crippen molar-refractivity contribution in [3.05, 3.63) is 57.6 Å². The molecule has 2 N–H and O–H groups in total. The highest BCUT2D eigenvalue weighted by atomic mass is 16.5. The zero-order chi connectivity index (χ0) is 17.1. The zero-order valence-corrected chi connectivity index (χ0v) is 13.9. The first-order chi connectivity index (χ1) is 10.9. The molecule has 2 aromatic carbocycles. The summed E-state index contributed by atoms with van der Waals surface area (Å²) in [5.74, 6) is 0.605. The Morgan fingerprint density at radius 1 is 1.09 bits per heavy atom. The molecule has 0 amide bonds. The average Bonchev–Trinajstić information content (AvgIpc) is 2.54. The smallest absolute Gasteiger partial charge is 0.193 e. The lowest BCUT2D eigenvalue weighted by atomic mass is 9.88. The number of anilines is 1. The van der Waals surface area contributed by atoms with Gasteiger partial charge in [0.15, 0.2) is 12.1 Å². The van der Waals surface area contributed by atoms with Gasteiger partial charge in [0.1, 0.15) is 5.75 Å². The summed E-state index contributed by atoms with van der Waals surface area (Å²) in [6, 6.07) is 7.01. The lowest BCUT2D eigenvalue weighted by Gasteiger charge is -2.17. The van der Waals surface area contributed by atoms with Gasteiger partial charge in [0.25, 0.3) is 0 Å². The van der Waals surface area contributed by atoms with Gasteiger partial charge in [0, 0.05) is 22.4 Å². The molecular formula is C19H21NO3. The molecule has 0 saturated carbocycles. The standard InChI is InChI=1S/C19H21NO3/c1-5-23-15-8-6-14(7-9-15)19(22)17-11(2)12(3)18(20)16(10-21)13(17)4/h6-10H,5,20H2,1-4H3. The van der Waals surface area contributed by atoms with Crippen LogP contribution in [0.25, 0.3) is 0 Å². The van der Waals surface area contributed by atoms with E-state index in [0.29, 0.717) is 40.8 Å². The van der Waals surface area contributed by atoms with Crippen LogP contribution >= 0.6 is 0 Å². The fraction of sp³-hybridized carbons (Fsp3) is 0.263. The van der Waals surface area contributed by atoms with Crippen molar-refractivity contribution >= 4 is 17.8 Å². The fourth-order valence-corrected chi connectivity index (χ4v) is 2.72. The second-order valence-electron chi connectivity index (χ2n) is 5.48. The summed E-state index contributed by atoms with van der Waals surface area (Å²) in [5, 5.41) is 0. The molecule has 0 saturated heterocycles. The van der Waals surface area contributed by atoms with Gasteiger partial charge in [0.2, 0.25) is 0 Å². The number of hydrogen-bond donors (Lipinski definition) is 1. The predicted molar refractivity (Wildman–Crippen MR) is 91.5 cm³/mol. The molecule has 0 unspecified atom stereocenters. The van der Waals surface area contributed by atoms with Crippen molar-refractivity contribution in [2.45, 2.75) is 27.7 Å². The first-order valence-corrected chi connectivity index (χ1v) is 7.54. The Hall–Kier alpha value is -2.62. The second-order valence-corrected chi connectivity index (χ2v) is 5.48. The van der Waals surface area contributed by atoms with Crippen molar-refractivity contribution in [3.63, 3.8) is 0 Å². The SMILES string of the molecule is CCOc1ccc(C(=O)c2c(C)c(C)c(N)c(C=O)c2C)cc1. The van der Waals surface area contributed by atoms with Crippen molar-refractivity contribution < 1.29 is 14.3 Å². The van der Waals surface area contributed by atoms with E-state index in [-0.39, 0.29) is 5.78 Å². The monoisotopic (exact) mass is 311 g/mol. The molecule has 0 aromatic heterocycles. The Balaban J connectivity index is 2.55. The summed E-state index contributed by atoms with van der Waals surface area (Å²) in [6.45, 7) is 7.92. The van der Waals surface area contributed by atoms with E-state index in [1.54, 1.807) is 31.2 Å². The highest BCUT2D eigenvalue weighted by Gasteiger charge is 2.21. The first kappa shape index (κ1) is 16.7. The minimum absolute atomic E-state index is 0.116. The van der Waals surface area contributed by atoms with Crippen LogP contribution in [0.5, 0.6) is 5.75 Å². The first-order valence-electron chi connectivity index (χ1n) is 7.54. The van der Waals surface area contributed by atoms with E-state index in [1.165, 1.54) is 0 Å². The van der Waals surface area contributed by atoms with Crippen LogP contribution in [0.15, 0.2) is 24.3 Å². The van der Waals surface area contributed by atoms with Gasteiger partial charge in [-0.15, -0.1) is 0 Å². The van der Waals surface area contributed by atoms with E-state index in [4.69, 9.17) is 10.5 Å². The van der Waals surface area contributed by atoms with Gasteiger partial charge in [-0.3, -0.25) is 9.59 Å². The Kier molecular flexibility index (Phi) is 4.84. The lowest BCUT2D eigenvalue weighted by molar-refractivity contribution is 0.103. The van der Waals surface area contributed by atoms with E-state index >= 15 is 0 Å². The maximum absolute atomic E-state index is 12.9. The minimum atomic E-state index is -0.116. The Labute approximate surface area is 136 Å². The predicted octanol–water partition coefficient (Wildman–Crippen LogP) is 3.64. The third kappa shape index (κ3) is 2.97. The van der Waals surface area contributed by atoms with Crippen LogP contribution in [0.1, 0.15) is 49.9 Å². The van der Waals surface area contributed by atoms with E-state index < -0.39 is 0 Å². The molecule has 0 atom stereocenters. The van der Waals surface area contributed by atoms with Crippen LogP contribution < -0.4 is 10.5 Å². The van der Waals surface area contributed by atoms with Gasteiger partial charge in [-0.2, -0.15) is 0 Å². The highest BCUT2D eigenvalue weighted by Crippen LogP contribution is 2.30. The lowest BCUT2D eigenvalue weighted by Crippen LogP contribution is -2.12. The van der Waals surface area contributed by atoms with Crippen molar-refractivity contribution in [2.75, 3.05) is 12.3 Å². The van der Waals surface area contributed by atoms with Gasteiger partial charge >= 0.3 is 0 Å². The minimum Gasteiger partial charge on any atom is -0.494 e. The van der Waals surface area contributed by atoms with Gasteiger partial charge in [-0.25, -0.2) is 0 Å². The molecule has 0 heterocycles. The Bertz CT molecular complexity index is 761. The molecule has 23 heavy (non-hydrogen) atoms. The fourth-order valence-electron chi connectivity index (χ4n) is 2.72. The van der Waals surface area contributed by atoms with Crippen molar-refractivity contribution in [1.82, 2.24) is 0 Å². The third-order valence-electron chi connectivity index (χ3n) is 4.18. The van der Waals surface area contributed by atoms with Gasteiger partial charge in [-0.05, 0) is 68.7 Å². The summed E-state index contributed by atoms with van der Waals surface area (Å²) in [5.41, 5.74) is 10.1. The number of hydrogen-bond acceptors (Lipinski definition) is 4. The molecule has 0 spiro atoms. The molecule has 0 aliphatic carbocycles. The van der Waals surface area contributed by atoms with E-state index in [9.17, 15) is 9.59 Å². The van der Waals surface area contributed by atoms with E-state index in [0.717, 1.165) is 16.9 Å². The molecule has 120 valence electrons. The van der Waals surface area contributed by atoms with Crippen LogP contribution in [0.4, 0.5) is 5.69 Å².